The number of hydrogen-bond donors (Lipinski definition) is 1. The minimum Gasteiger partial charge on any atom is -0.481 e. The van der Waals surface area contributed by atoms with Crippen molar-refractivity contribution in [3.05, 3.63) is 11.9 Å². The molecule has 5 nitrogen and oxygen atoms in total. The van der Waals surface area contributed by atoms with Gasteiger partial charge in [0.15, 0.2) is 5.16 Å². The average molecular weight is 244 g/mol. The van der Waals surface area contributed by atoms with E-state index in [0.717, 1.165) is 10.9 Å². The quantitative estimate of drug-likeness (QED) is 0.580. The summed E-state index contributed by atoms with van der Waals surface area (Å²) in [6, 6.07) is 0. The van der Waals surface area contributed by atoms with Gasteiger partial charge in [-0.15, -0.1) is 0 Å². The van der Waals surface area contributed by atoms with Gasteiger partial charge < -0.3 is 14.4 Å². The van der Waals surface area contributed by atoms with Crippen molar-refractivity contribution in [2.24, 2.45) is 0 Å². The van der Waals surface area contributed by atoms with Gasteiger partial charge in [0.25, 0.3) is 0 Å². The second kappa shape index (κ2) is 6.55. The number of carbonyl (C=O) groups is 1. The number of thioether (sulfide) groups is 1. The fourth-order valence-electron chi connectivity index (χ4n) is 1.23. The Labute approximate surface area is 98.8 Å². The molecule has 0 saturated heterocycles. The van der Waals surface area contributed by atoms with Crippen LogP contribution in [0.1, 0.15) is 12.6 Å². The first-order chi connectivity index (χ1) is 7.63. The molecule has 6 heteroatoms. The van der Waals surface area contributed by atoms with Crippen LogP contribution in [0.2, 0.25) is 0 Å². The van der Waals surface area contributed by atoms with Crippen LogP contribution in [0.25, 0.3) is 0 Å². The van der Waals surface area contributed by atoms with Crippen LogP contribution in [0.4, 0.5) is 0 Å². The number of ether oxygens (including phenoxy) is 1. The summed E-state index contributed by atoms with van der Waals surface area (Å²) in [5.41, 5.74) is 0.893. The van der Waals surface area contributed by atoms with Gasteiger partial charge >= 0.3 is 5.97 Å². The van der Waals surface area contributed by atoms with Gasteiger partial charge in [-0.05, 0) is 13.8 Å². The molecule has 16 heavy (non-hydrogen) atoms. The van der Waals surface area contributed by atoms with E-state index < -0.39 is 5.97 Å². The van der Waals surface area contributed by atoms with Gasteiger partial charge in [-0.2, -0.15) is 0 Å². The van der Waals surface area contributed by atoms with E-state index >= 15 is 0 Å². The zero-order chi connectivity index (χ0) is 12.0. The van der Waals surface area contributed by atoms with E-state index in [4.69, 9.17) is 9.84 Å². The van der Waals surface area contributed by atoms with Crippen LogP contribution in [0.3, 0.4) is 0 Å². The number of nitrogens with zero attached hydrogens (tertiary/aromatic N) is 2. The molecule has 1 N–H and O–H groups in total. The Bertz CT molecular complexity index is 352. The maximum absolute atomic E-state index is 10.5. The van der Waals surface area contributed by atoms with Gasteiger partial charge in [0, 0.05) is 19.3 Å². The van der Waals surface area contributed by atoms with Gasteiger partial charge in [0.1, 0.15) is 0 Å². The maximum atomic E-state index is 10.5. The monoisotopic (exact) mass is 244 g/mol. The largest absolute Gasteiger partial charge is 0.481 e. The molecule has 0 aliphatic rings. The average Bonchev–Trinajstić information content (AvgIpc) is 2.56. The summed E-state index contributed by atoms with van der Waals surface area (Å²) in [5, 5.41) is 9.34. The summed E-state index contributed by atoms with van der Waals surface area (Å²) in [6.45, 7) is 5.84. The lowest BCUT2D eigenvalue weighted by Crippen LogP contribution is -2.07. The maximum Gasteiger partial charge on any atom is 0.313 e. The van der Waals surface area contributed by atoms with Crippen LogP contribution in [-0.2, 0) is 16.1 Å². The molecule has 1 aromatic heterocycles. The third-order valence-corrected chi connectivity index (χ3v) is 2.84. The van der Waals surface area contributed by atoms with Gasteiger partial charge in [0.2, 0.25) is 0 Å². The van der Waals surface area contributed by atoms with E-state index in [-0.39, 0.29) is 5.75 Å². The van der Waals surface area contributed by atoms with E-state index in [1.807, 2.05) is 24.6 Å². The number of imidazole rings is 1. The number of aromatic nitrogens is 2. The Morgan fingerprint density at radius 2 is 2.44 bits per heavy atom. The molecule has 0 aliphatic heterocycles. The lowest BCUT2D eigenvalue weighted by molar-refractivity contribution is -0.133. The van der Waals surface area contributed by atoms with Crippen LogP contribution in [-0.4, -0.2) is 39.6 Å². The topological polar surface area (TPSA) is 64.4 Å². The predicted molar refractivity (Wildman–Crippen MR) is 61.8 cm³/mol. The zero-order valence-electron chi connectivity index (χ0n) is 9.47. The number of aryl methyl sites for hydroxylation is 1. The summed E-state index contributed by atoms with van der Waals surface area (Å²) >= 11 is 1.23. The lowest BCUT2D eigenvalue weighted by Gasteiger charge is -2.06. The predicted octanol–water partition coefficient (Wildman–Crippen LogP) is 1.40. The molecule has 0 atom stereocenters. The number of carboxylic acid groups (broad SMARTS) is 1. The van der Waals surface area contributed by atoms with Crippen molar-refractivity contribution < 1.29 is 14.6 Å². The standard InChI is InChI=1S/C10H16N2O3S/c1-3-15-5-4-12-6-8(2)11-10(12)16-7-9(13)14/h6H,3-5,7H2,1-2H3,(H,13,14). The van der Waals surface area contributed by atoms with Gasteiger partial charge in [0.05, 0.1) is 18.1 Å². The van der Waals surface area contributed by atoms with Crippen molar-refractivity contribution in [3.63, 3.8) is 0 Å². The third-order valence-electron chi connectivity index (χ3n) is 1.87. The minimum atomic E-state index is -0.831. The Morgan fingerprint density at radius 1 is 1.69 bits per heavy atom. The lowest BCUT2D eigenvalue weighted by atomic mass is 10.5. The van der Waals surface area contributed by atoms with Crippen molar-refractivity contribution >= 4 is 17.7 Å². The highest BCUT2D eigenvalue weighted by Crippen LogP contribution is 2.17. The second-order valence-electron chi connectivity index (χ2n) is 3.24. The van der Waals surface area contributed by atoms with Crippen molar-refractivity contribution in [1.29, 1.82) is 0 Å². The molecule has 0 amide bonds. The molecular formula is C10H16N2O3S. The summed E-state index contributed by atoms with van der Waals surface area (Å²) in [6.07, 6.45) is 1.91. The highest BCUT2D eigenvalue weighted by atomic mass is 32.2. The molecular weight excluding hydrogens is 228 g/mol. The minimum absolute atomic E-state index is 0.0328. The van der Waals surface area contributed by atoms with Gasteiger partial charge in [-0.3, -0.25) is 4.79 Å². The fourth-order valence-corrected chi connectivity index (χ4v) is 2.00. The van der Waals surface area contributed by atoms with Gasteiger partial charge in [-0.1, -0.05) is 11.8 Å². The molecule has 0 bridgehead atoms. The van der Waals surface area contributed by atoms with Gasteiger partial charge in [-0.25, -0.2) is 4.98 Å². The SMILES string of the molecule is CCOCCn1cc(C)nc1SCC(=O)O. The highest BCUT2D eigenvalue weighted by Gasteiger charge is 2.08. The number of aliphatic carboxylic acids is 1. The Hall–Kier alpha value is -1.01. The van der Waals surface area contributed by atoms with E-state index in [0.29, 0.717) is 19.8 Å². The summed E-state index contributed by atoms with van der Waals surface area (Å²) in [7, 11) is 0. The van der Waals surface area contributed by atoms with Crippen molar-refractivity contribution in [2.75, 3.05) is 19.0 Å². The van der Waals surface area contributed by atoms with Crippen LogP contribution in [0.15, 0.2) is 11.4 Å². The number of rotatable bonds is 7. The van der Waals surface area contributed by atoms with Crippen LogP contribution in [0, 0.1) is 6.92 Å². The first kappa shape index (κ1) is 13.1. The number of hydrogen-bond acceptors (Lipinski definition) is 4. The molecule has 0 saturated carbocycles. The molecule has 0 fully saturated rings. The molecule has 0 aromatic carbocycles. The van der Waals surface area contributed by atoms with E-state index in [2.05, 4.69) is 4.98 Å². The molecule has 90 valence electrons. The van der Waals surface area contributed by atoms with Crippen molar-refractivity contribution in [3.8, 4) is 0 Å². The molecule has 1 rings (SSSR count). The molecule has 0 aliphatic carbocycles. The molecule has 0 unspecified atom stereocenters. The third kappa shape index (κ3) is 4.24. The Morgan fingerprint density at radius 3 is 3.06 bits per heavy atom. The van der Waals surface area contributed by atoms with Crippen LogP contribution >= 0.6 is 11.8 Å². The van der Waals surface area contributed by atoms with E-state index in [1.165, 1.54) is 11.8 Å². The van der Waals surface area contributed by atoms with Crippen molar-refractivity contribution in [1.82, 2.24) is 9.55 Å². The molecule has 1 aromatic rings. The summed E-state index contributed by atoms with van der Waals surface area (Å²) in [5.74, 6) is -0.799. The fraction of sp³-hybridized carbons (Fsp3) is 0.600. The first-order valence-electron chi connectivity index (χ1n) is 5.09. The normalized spacial score (nSPS) is 10.6. The highest BCUT2D eigenvalue weighted by molar-refractivity contribution is 7.99. The second-order valence-corrected chi connectivity index (χ2v) is 4.18. The summed E-state index contributed by atoms with van der Waals surface area (Å²) in [4.78, 5) is 14.7. The molecule has 0 radical (unpaired) electrons. The van der Waals surface area contributed by atoms with Crippen LogP contribution < -0.4 is 0 Å². The van der Waals surface area contributed by atoms with Crippen LogP contribution in [0.5, 0.6) is 0 Å². The Balaban J connectivity index is 2.56. The zero-order valence-corrected chi connectivity index (χ0v) is 10.3. The summed E-state index contributed by atoms with van der Waals surface area (Å²) < 4.78 is 7.18. The van der Waals surface area contributed by atoms with E-state index in [9.17, 15) is 4.79 Å². The molecule has 1 heterocycles. The van der Waals surface area contributed by atoms with Crippen molar-refractivity contribution in [2.45, 2.75) is 25.5 Å². The first-order valence-corrected chi connectivity index (χ1v) is 6.08. The number of carboxylic acids is 1. The smallest absolute Gasteiger partial charge is 0.313 e. The molecule has 0 spiro atoms. The Kier molecular flexibility index (Phi) is 5.34. The van der Waals surface area contributed by atoms with E-state index in [1.54, 1.807) is 0 Å².